The number of hydrogen-bond acceptors (Lipinski definition) is 0. The predicted octanol–water partition coefficient (Wildman–Crippen LogP) is 10.3. The van der Waals surface area contributed by atoms with E-state index in [2.05, 4.69) is 199 Å². The van der Waals surface area contributed by atoms with E-state index in [9.17, 15) is 0 Å². The number of fused-ring (bicyclic) bond motifs is 6. The molecular formula is C56H50Cl2Hf. The SMILES string of the molecule is CC(C)(C)C1=Cc2c(-c3c4ccccc4cc4ccccc34)cccc2[CH]1[Hf+2]1([CH]2C(C(C)(C)C)=Cc3c(-c4c5ccccc5cc5ccccc45)cccc32)[CH2][CH2]1.[Cl-].[Cl-]. The summed E-state index contributed by atoms with van der Waals surface area (Å²) in [6.07, 6.45) is 5.39. The van der Waals surface area contributed by atoms with Crippen LogP contribution in [0.3, 0.4) is 0 Å². The summed E-state index contributed by atoms with van der Waals surface area (Å²) in [5.74, 6) is 0. The summed E-state index contributed by atoms with van der Waals surface area (Å²) in [5, 5.41) is 10.6. The molecule has 11 rings (SSSR count). The molecule has 2 atom stereocenters. The van der Waals surface area contributed by atoms with Crippen LogP contribution >= 0.6 is 0 Å². The Labute approximate surface area is 366 Å². The van der Waals surface area contributed by atoms with Gasteiger partial charge in [-0.15, -0.1) is 0 Å². The minimum atomic E-state index is -3.31. The summed E-state index contributed by atoms with van der Waals surface area (Å²) in [4.78, 5) is 0. The van der Waals surface area contributed by atoms with Gasteiger partial charge in [-0.3, -0.25) is 0 Å². The number of benzene rings is 8. The third kappa shape index (κ3) is 6.16. The Bertz CT molecular complexity index is 2740. The van der Waals surface area contributed by atoms with E-state index in [4.69, 9.17) is 0 Å². The zero-order valence-corrected chi connectivity index (χ0v) is 39.9. The summed E-state index contributed by atoms with van der Waals surface area (Å²) >= 11 is -3.31. The average Bonchev–Trinajstić information content (AvgIpc) is 3.70. The predicted molar refractivity (Wildman–Crippen MR) is 244 cm³/mol. The monoisotopic (exact) mass is 972 g/mol. The van der Waals surface area contributed by atoms with Crippen LogP contribution < -0.4 is 24.8 Å². The van der Waals surface area contributed by atoms with Gasteiger partial charge in [-0.05, 0) is 0 Å². The second kappa shape index (κ2) is 14.4. The van der Waals surface area contributed by atoms with E-state index >= 15 is 0 Å². The van der Waals surface area contributed by atoms with Gasteiger partial charge in [-0.1, -0.05) is 0 Å². The summed E-state index contributed by atoms with van der Waals surface area (Å²) < 4.78 is 4.00. The Morgan fingerprint density at radius 1 is 0.407 bits per heavy atom. The van der Waals surface area contributed by atoms with E-state index in [1.807, 2.05) is 0 Å². The van der Waals surface area contributed by atoms with Crippen LogP contribution in [0.1, 0.15) is 71.1 Å². The zero-order valence-electron chi connectivity index (χ0n) is 34.8. The van der Waals surface area contributed by atoms with Crippen molar-refractivity contribution in [2.75, 3.05) is 0 Å². The molecule has 0 saturated carbocycles. The van der Waals surface area contributed by atoms with Crippen molar-refractivity contribution in [1.82, 2.24) is 0 Å². The molecule has 1 saturated heterocycles. The first-order valence-corrected chi connectivity index (χ1v) is 30.3. The second-order valence-electron chi connectivity index (χ2n) is 19.3. The van der Waals surface area contributed by atoms with Gasteiger partial charge >= 0.3 is 345 Å². The van der Waals surface area contributed by atoms with Crippen molar-refractivity contribution in [2.45, 2.75) is 57.2 Å². The van der Waals surface area contributed by atoms with Gasteiger partial charge in [-0.2, -0.15) is 0 Å². The standard InChI is InChI=1S/2C27H23.C2H4.2ClH.Hf/c2*1-27(2,3)21-16-20-11-8-14-24(25(20)17-21)26-22-12-6-4-9-18(22)15-19-10-5-7-13-23(19)26;1-2;;;/h2*4-17H,1-3H3;1-2H2;2*1H;/q;;;;;+2/p-2. The van der Waals surface area contributed by atoms with E-state index < -0.39 is 20.0 Å². The van der Waals surface area contributed by atoms with Crippen LogP contribution in [0.5, 0.6) is 0 Å². The molecule has 0 amide bonds. The fraction of sp³-hybridized carbons (Fsp3) is 0.214. The first kappa shape index (κ1) is 40.2. The number of hydrogen-bond donors (Lipinski definition) is 0. The minimum absolute atomic E-state index is 0. The van der Waals surface area contributed by atoms with Crippen LogP contribution in [0.15, 0.2) is 157 Å². The molecule has 0 spiro atoms. The van der Waals surface area contributed by atoms with Gasteiger partial charge in [-0.25, -0.2) is 0 Å². The molecule has 2 aliphatic carbocycles. The van der Waals surface area contributed by atoms with Crippen molar-refractivity contribution >= 4 is 55.2 Å². The molecule has 8 aromatic rings. The molecule has 0 nitrogen and oxygen atoms in total. The van der Waals surface area contributed by atoms with Gasteiger partial charge < -0.3 is 24.8 Å². The van der Waals surface area contributed by atoms with Crippen molar-refractivity contribution in [3.63, 3.8) is 0 Å². The molecule has 59 heavy (non-hydrogen) atoms. The van der Waals surface area contributed by atoms with Crippen molar-refractivity contribution in [1.29, 1.82) is 0 Å². The number of allylic oxidation sites excluding steroid dienone is 2. The smallest absolute Gasteiger partial charge is 1.00 e. The van der Waals surface area contributed by atoms with Gasteiger partial charge in [0.1, 0.15) is 0 Å². The summed E-state index contributed by atoms with van der Waals surface area (Å²) in [5.41, 5.74) is 15.3. The molecule has 1 fully saturated rings. The third-order valence-electron chi connectivity index (χ3n) is 13.9. The molecule has 8 aromatic carbocycles. The normalized spacial score (nSPS) is 17.4. The molecule has 0 radical (unpaired) electrons. The fourth-order valence-corrected chi connectivity index (χ4v) is 40.6. The van der Waals surface area contributed by atoms with Crippen molar-refractivity contribution < 1.29 is 44.8 Å². The second-order valence-corrected chi connectivity index (χ2v) is 35.9. The molecule has 0 bridgehead atoms. The van der Waals surface area contributed by atoms with Gasteiger partial charge in [0.15, 0.2) is 0 Å². The summed E-state index contributed by atoms with van der Waals surface area (Å²) in [6, 6.07) is 55.6. The molecule has 2 unspecified atom stereocenters. The maximum Gasteiger partial charge on any atom is -1.00 e. The Kier molecular flexibility index (Phi) is 9.82. The van der Waals surface area contributed by atoms with Crippen LogP contribution in [-0.4, -0.2) is 0 Å². The first-order valence-electron chi connectivity index (χ1n) is 21.0. The Morgan fingerprint density at radius 2 is 0.729 bits per heavy atom. The third-order valence-corrected chi connectivity index (χ3v) is 32.6. The summed E-state index contributed by atoms with van der Waals surface area (Å²) in [6.45, 7) is 14.9. The Balaban J connectivity index is 0.00000224. The van der Waals surface area contributed by atoms with Gasteiger partial charge in [0.25, 0.3) is 0 Å². The van der Waals surface area contributed by atoms with Crippen LogP contribution in [0.25, 0.3) is 77.5 Å². The molecular weight excluding hydrogens is 922 g/mol. The van der Waals surface area contributed by atoms with Gasteiger partial charge in [0.2, 0.25) is 0 Å². The molecule has 1 aliphatic heterocycles. The van der Waals surface area contributed by atoms with E-state index in [0.717, 1.165) is 0 Å². The first-order chi connectivity index (χ1) is 27.5. The average molecular weight is 972 g/mol. The molecule has 3 heteroatoms. The fourth-order valence-electron chi connectivity index (χ4n) is 11.3. The molecule has 0 aromatic heterocycles. The quantitative estimate of drug-likeness (QED) is 0.122. The maximum absolute atomic E-state index is 3.31. The van der Waals surface area contributed by atoms with E-state index in [-0.39, 0.29) is 35.6 Å². The molecule has 3 aliphatic rings. The topological polar surface area (TPSA) is 0 Å². The Morgan fingerprint density at radius 3 is 1.03 bits per heavy atom. The zero-order chi connectivity index (χ0) is 38.8. The van der Waals surface area contributed by atoms with Crippen molar-refractivity contribution in [3.8, 4) is 22.3 Å². The minimum Gasteiger partial charge on any atom is -1.00 e. The van der Waals surface area contributed by atoms with Crippen molar-refractivity contribution in [3.05, 3.63) is 179 Å². The van der Waals surface area contributed by atoms with Crippen LogP contribution in [-0.2, 0) is 20.0 Å². The van der Waals surface area contributed by atoms with E-state index in [0.29, 0.717) is 7.35 Å². The molecule has 0 N–H and O–H groups in total. The van der Waals surface area contributed by atoms with E-state index in [1.165, 1.54) is 84.8 Å². The van der Waals surface area contributed by atoms with Crippen LogP contribution in [0.2, 0.25) is 8.35 Å². The number of rotatable bonds is 4. The molecule has 1 heterocycles. The molecule has 292 valence electrons. The van der Waals surface area contributed by atoms with Crippen LogP contribution in [0, 0.1) is 10.8 Å². The van der Waals surface area contributed by atoms with Crippen molar-refractivity contribution in [2.24, 2.45) is 10.8 Å². The van der Waals surface area contributed by atoms with Gasteiger partial charge in [0.05, 0.1) is 0 Å². The largest absolute Gasteiger partial charge is 1.00 e. The Hall–Kier alpha value is -4.27. The van der Waals surface area contributed by atoms with Crippen LogP contribution in [0.4, 0.5) is 0 Å². The van der Waals surface area contributed by atoms with Gasteiger partial charge in [0, 0.05) is 0 Å². The number of halogens is 2. The van der Waals surface area contributed by atoms with E-state index in [1.54, 1.807) is 22.3 Å². The maximum atomic E-state index is 2.70. The summed E-state index contributed by atoms with van der Waals surface area (Å²) in [7, 11) is 0.